The molecule has 0 atom stereocenters. The number of H-pyrrole nitrogens is 1. The van der Waals surface area contributed by atoms with Gasteiger partial charge in [-0.25, -0.2) is 4.68 Å². The molecule has 0 aliphatic heterocycles. The van der Waals surface area contributed by atoms with E-state index in [2.05, 4.69) is 22.5 Å². The van der Waals surface area contributed by atoms with Crippen LogP contribution in [0.4, 0.5) is 5.69 Å². The van der Waals surface area contributed by atoms with Crippen LogP contribution >= 0.6 is 11.6 Å². The summed E-state index contributed by atoms with van der Waals surface area (Å²) in [6, 6.07) is 14.8. The van der Waals surface area contributed by atoms with Gasteiger partial charge in [0.15, 0.2) is 0 Å². The van der Waals surface area contributed by atoms with Crippen molar-refractivity contribution >= 4 is 30.1 Å². The lowest BCUT2D eigenvalue weighted by atomic mass is 10.2. The van der Waals surface area contributed by atoms with E-state index in [1.165, 1.54) is 4.68 Å². The van der Waals surface area contributed by atoms with Crippen molar-refractivity contribution in [2.75, 3.05) is 5.43 Å². The molecule has 5 nitrogen and oxygen atoms in total. The Labute approximate surface area is 143 Å². The van der Waals surface area contributed by atoms with Crippen molar-refractivity contribution in [2.45, 2.75) is 6.92 Å². The third-order valence-corrected chi connectivity index (χ3v) is 3.91. The van der Waals surface area contributed by atoms with E-state index in [-0.39, 0.29) is 5.56 Å². The predicted octanol–water partition coefficient (Wildman–Crippen LogP) is 1.89. The van der Waals surface area contributed by atoms with Gasteiger partial charge in [-0.15, -0.1) is 0 Å². The van der Waals surface area contributed by atoms with Crippen LogP contribution in [0, 0.1) is 6.92 Å². The number of aromatic nitrogens is 2. The van der Waals surface area contributed by atoms with Gasteiger partial charge in [-0.2, -0.15) is 0 Å². The summed E-state index contributed by atoms with van der Waals surface area (Å²) in [7, 11) is 0. The summed E-state index contributed by atoms with van der Waals surface area (Å²) < 4.78 is 1.43. The Kier molecular flexibility index (Phi) is 4.44. The monoisotopic (exact) mass is 340 g/mol. The van der Waals surface area contributed by atoms with Gasteiger partial charge >= 0.3 is 0 Å². The van der Waals surface area contributed by atoms with Crippen LogP contribution in [0.1, 0.15) is 5.56 Å². The quantitative estimate of drug-likeness (QED) is 0.636. The highest BCUT2D eigenvalue weighted by Crippen LogP contribution is 2.11. The van der Waals surface area contributed by atoms with Gasteiger partial charge in [0.2, 0.25) is 0 Å². The maximum atomic E-state index is 12.5. The van der Waals surface area contributed by atoms with Crippen molar-refractivity contribution in [3.05, 3.63) is 80.0 Å². The molecule has 3 aromatic rings. The summed E-state index contributed by atoms with van der Waals surface area (Å²) in [6.45, 7) is 5.89. The Morgan fingerprint density at radius 1 is 1.17 bits per heavy atom. The SMILES string of the molecule is C=c1[nH]n(-c2ccc(Cl)cc2)c(=O)c1=CNNc1ccccc1C. The minimum absolute atomic E-state index is 0.193. The largest absolute Gasteiger partial charge is 0.307 e. The molecule has 1 heterocycles. The molecule has 0 amide bonds. The first-order valence-corrected chi connectivity index (χ1v) is 7.77. The van der Waals surface area contributed by atoms with E-state index in [1.807, 2.05) is 31.2 Å². The highest BCUT2D eigenvalue weighted by Gasteiger charge is 2.04. The van der Waals surface area contributed by atoms with E-state index < -0.39 is 0 Å². The summed E-state index contributed by atoms with van der Waals surface area (Å²) in [6.07, 6.45) is 1.60. The first-order chi connectivity index (χ1) is 11.6. The molecule has 3 rings (SSSR count). The van der Waals surface area contributed by atoms with Crippen LogP contribution in [0.25, 0.3) is 18.5 Å². The van der Waals surface area contributed by atoms with Crippen LogP contribution in [-0.2, 0) is 0 Å². The Hall–Kier alpha value is -2.92. The Morgan fingerprint density at radius 3 is 2.58 bits per heavy atom. The molecular formula is C18H17ClN4O. The van der Waals surface area contributed by atoms with Crippen molar-refractivity contribution in [3.8, 4) is 5.69 Å². The minimum atomic E-state index is -0.193. The van der Waals surface area contributed by atoms with E-state index in [9.17, 15) is 4.79 Å². The zero-order valence-electron chi connectivity index (χ0n) is 13.1. The fourth-order valence-electron chi connectivity index (χ4n) is 2.32. The number of para-hydroxylation sites is 1. The molecule has 24 heavy (non-hydrogen) atoms. The maximum absolute atomic E-state index is 12.5. The summed E-state index contributed by atoms with van der Waals surface area (Å²) in [4.78, 5) is 12.5. The fourth-order valence-corrected chi connectivity index (χ4v) is 2.44. The molecule has 0 aliphatic carbocycles. The van der Waals surface area contributed by atoms with Crippen LogP contribution in [0.2, 0.25) is 5.02 Å². The molecule has 0 unspecified atom stereocenters. The second-order valence-electron chi connectivity index (χ2n) is 5.35. The van der Waals surface area contributed by atoms with Crippen LogP contribution in [0.15, 0.2) is 53.3 Å². The van der Waals surface area contributed by atoms with Gasteiger partial charge in [-0.1, -0.05) is 36.4 Å². The normalized spacial score (nSPS) is 11.5. The van der Waals surface area contributed by atoms with Gasteiger partial charge in [-0.3, -0.25) is 9.89 Å². The molecule has 0 fully saturated rings. The Balaban J connectivity index is 1.89. The molecule has 122 valence electrons. The molecule has 0 saturated heterocycles. The summed E-state index contributed by atoms with van der Waals surface area (Å²) in [5, 5.41) is 4.55. The number of nitrogens with one attached hydrogen (secondary N) is 3. The maximum Gasteiger partial charge on any atom is 0.280 e. The second kappa shape index (κ2) is 6.68. The number of hydrazine groups is 1. The predicted molar refractivity (Wildman–Crippen MR) is 98.6 cm³/mol. The van der Waals surface area contributed by atoms with E-state index >= 15 is 0 Å². The fraction of sp³-hybridized carbons (Fsp3) is 0.0556. The van der Waals surface area contributed by atoms with Gasteiger partial charge in [0.05, 0.1) is 21.9 Å². The van der Waals surface area contributed by atoms with Crippen LogP contribution in [0.5, 0.6) is 0 Å². The van der Waals surface area contributed by atoms with Gasteiger partial charge in [-0.05, 0) is 42.8 Å². The molecule has 0 aliphatic rings. The number of hydrogen-bond acceptors (Lipinski definition) is 3. The van der Waals surface area contributed by atoms with Gasteiger partial charge < -0.3 is 10.9 Å². The van der Waals surface area contributed by atoms with Crippen molar-refractivity contribution in [3.63, 3.8) is 0 Å². The highest BCUT2D eigenvalue weighted by atomic mass is 35.5. The summed E-state index contributed by atoms with van der Waals surface area (Å²) in [5.41, 5.74) is 8.54. The average molecular weight is 341 g/mol. The topological polar surface area (TPSA) is 61.9 Å². The molecule has 0 bridgehead atoms. The summed E-state index contributed by atoms with van der Waals surface area (Å²) >= 11 is 5.88. The molecule has 6 heteroatoms. The molecule has 3 N–H and O–H groups in total. The second-order valence-corrected chi connectivity index (χ2v) is 5.79. The molecule has 0 radical (unpaired) electrons. The number of aryl methyl sites for hydroxylation is 1. The lowest BCUT2D eigenvalue weighted by Gasteiger charge is -2.07. The number of benzene rings is 2. The highest BCUT2D eigenvalue weighted by molar-refractivity contribution is 6.30. The molecular weight excluding hydrogens is 324 g/mol. The van der Waals surface area contributed by atoms with Crippen LogP contribution in [0.3, 0.4) is 0 Å². The number of anilines is 1. The zero-order chi connectivity index (χ0) is 17.1. The van der Waals surface area contributed by atoms with E-state index in [4.69, 9.17) is 11.6 Å². The minimum Gasteiger partial charge on any atom is -0.307 e. The van der Waals surface area contributed by atoms with Crippen molar-refractivity contribution < 1.29 is 0 Å². The Morgan fingerprint density at radius 2 is 1.88 bits per heavy atom. The molecule has 1 aromatic heterocycles. The van der Waals surface area contributed by atoms with E-state index in [1.54, 1.807) is 30.5 Å². The number of aromatic amines is 1. The molecule has 0 spiro atoms. The lowest BCUT2D eigenvalue weighted by Crippen LogP contribution is -2.37. The van der Waals surface area contributed by atoms with Crippen molar-refractivity contribution in [2.24, 2.45) is 0 Å². The number of rotatable bonds is 4. The smallest absolute Gasteiger partial charge is 0.280 e. The zero-order valence-corrected chi connectivity index (χ0v) is 13.9. The van der Waals surface area contributed by atoms with Crippen LogP contribution < -0.4 is 27.0 Å². The number of hydrogen-bond donors (Lipinski definition) is 3. The third kappa shape index (κ3) is 3.21. The molecule has 0 saturated carbocycles. The van der Waals surface area contributed by atoms with Gasteiger partial charge in [0.1, 0.15) is 0 Å². The summed E-state index contributed by atoms with van der Waals surface area (Å²) in [5.74, 6) is 0. The van der Waals surface area contributed by atoms with E-state index in [0.717, 1.165) is 11.3 Å². The van der Waals surface area contributed by atoms with Crippen molar-refractivity contribution in [1.82, 2.24) is 15.2 Å². The number of nitrogens with zero attached hydrogens (tertiary/aromatic N) is 1. The van der Waals surface area contributed by atoms with E-state index in [0.29, 0.717) is 21.3 Å². The number of halogens is 1. The third-order valence-electron chi connectivity index (χ3n) is 3.66. The first-order valence-electron chi connectivity index (χ1n) is 7.39. The van der Waals surface area contributed by atoms with Crippen molar-refractivity contribution in [1.29, 1.82) is 0 Å². The van der Waals surface area contributed by atoms with Gasteiger partial charge in [0, 0.05) is 11.2 Å². The van der Waals surface area contributed by atoms with Crippen LogP contribution in [-0.4, -0.2) is 9.78 Å². The lowest BCUT2D eigenvalue weighted by molar-refractivity contribution is 0.838. The standard InChI is InChI=1S/C18H17ClN4O/c1-12-5-3-4-6-17(12)21-20-11-16-13(2)22-23(18(16)24)15-9-7-14(19)8-10-15/h3-11,20-22H,2H2,1H3. The average Bonchev–Trinajstić information content (AvgIpc) is 2.85. The Bertz CT molecular complexity index is 1020. The molecule has 2 aromatic carbocycles. The first kappa shape index (κ1) is 16.0. The van der Waals surface area contributed by atoms with Gasteiger partial charge in [0.25, 0.3) is 5.56 Å².